The van der Waals surface area contributed by atoms with Crippen molar-refractivity contribution in [2.75, 3.05) is 6.54 Å². The predicted molar refractivity (Wildman–Crippen MR) is 53.2 cm³/mol. The molecule has 1 N–H and O–H groups in total. The summed E-state index contributed by atoms with van der Waals surface area (Å²) in [6.07, 6.45) is 0.511. The number of hydrogen-bond acceptors (Lipinski definition) is 1. The molecule has 14 heavy (non-hydrogen) atoms. The molecule has 0 aliphatic rings. The molecule has 1 rings (SSSR count). The van der Waals surface area contributed by atoms with E-state index in [-0.39, 0.29) is 17.7 Å². The number of benzene rings is 1. The van der Waals surface area contributed by atoms with Crippen molar-refractivity contribution in [1.29, 1.82) is 0 Å². The molecule has 3 heteroatoms. The summed E-state index contributed by atoms with van der Waals surface area (Å²) in [4.78, 5) is 0. The van der Waals surface area contributed by atoms with Gasteiger partial charge in [0, 0.05) is 6.04 Å². The molecule has 78 valence electrons. The summed E-state index contributed by atoms with van der Waals surface area (Å²) < 4.78 is 26.0. The number of nitrogens with one attached hydrogen (secondary N) is 1. The number of halogens is 2. The van der Waals surface area contributed by atoms with Gasteiger partial charge < -0.3 is 5.32 Å². The first-order valence-corrected chi connectivity index (χ1v) is 4.80. The molecule has 0 aliphatic heterocycles. The van der Waals surface area contributed by atoms with Crippen molar-refractivity contribution >= 4 is 0 Å². The Morgan fingerprint density at radius 3 is 2.71 bits per heavy atom. The lowest BCUT2D eigenvalue weighted by Crippen LogP contribution is -2.27. The van der Waals surface area contributed by atoms with Crippen LogP contribution in [0.1, 0.15) is 19.4 Å². The van der Waals surface area contributed by atoms with Gasteiger partial charge in [-0.3, -0.25) is 0 Å². The van der Waals surface area contributed by atoms with Gasteiger partial charge in [-0.15, -0.1) is 0 Å². The van der Waals surface area contributed by atoms with E-state index in [0.717, 1.165) is 12.6 Å². The molecule has 1 aromatic carbocycles. The molecule has 1 atom stereocenters. The minimum Gasteiger partial charge on any atom is -0.314 e. The van der Waals surface area contributed by atoms with Crippen LogP contribution in [0.2, 0.25) is 0 Å². The zero-order valence-corrected chi connectivity index (χ0v) is 8.48. The summed E-state index contributed by atoms with van der Waals surface area (Å²) in [5.74, 6) is -0.721. The molecule has 0 heterocycles. The second-order valence-electron chi connectivity index (χ2n) is 3.40. The van der Waals surface area contributed by atoms with Crippen LogP contribution in [-0.2, 0) is 6.42 Å². The summed E-state index contributed by atoms with van der Waals surface area (Å²) in [6, 6.07) is 3.72. The van der Waals surface area contributed by atoms with Crippen LogP contribution >= 0.6 is 0 Å². The van der Waals surface area contributed by atoms with Crippen molar-refractivity contribution in [2.24, 2.45) is 0 Å². The third-order valence-electron chi connectivity index (χ3n) is 2.09. The highest BCUT2D eigenvalue weighted by Crippen LogP contribution is 2.11. The Labute approximate surface area is 83.1 Å². The lowest BCUT2D eigenvalue weighted by molar-refractivity contribution is 0.533. The smallest absolute Gasteiger partial charge is 0.126 e. The maximum absolute atomic E-state index is 13.2. The van der Waals surface area contributed by atoms with Crippen LogP contribution in [0, 0.1) is 11.6 Å². The highest BCUT2D eigenvalue weighted by atomic mass is 19.1. The normalized spacial score (nSPS) is 12.9. The fourth-order valence-electron chi connectivity index (χ4n) is 1.45. The molecule has 0 bridgehead atoms. The molecule has 0 aromatic heterocycles. The molecule has 0 aliphatic carbocycles. The summed E-state index contributed by atoms with van der Waals surface area (Å²) in [5.41, 5.74) is 0.429. The summed E-state index contributed by atoms with van der Waals surface area (Å²) in [6.45, 7) is 4.77. The molecule has 0 amide bonds. The molecule has 1 unspecified atom stereocenters. The van der Waals surface area contributed by atoms with Crippen LogP contribution in [0.4, 0.5) is 8.78 Å². The van der Waals surface area contributed by atoms with E-state index in [1.807, 2.05) is 13.8 Å². The molecule has 1 nitrogen and oxygen atoms in total. The van der Waals surface area contributed by atoms with E-state index in [1.165, 1.54) is 12.1 Å². The zero-order valence-electron chi connectivity index (χ0n) is 8.48. The van der Waals surface area contributed by atoms with E-state index in [4.69, 9.17) is 0 Å². The SMILES string of the molecule is CCNC(C)Cc1cc(F)ccc1F. The van der Waals surface area contributed by atoms with E-state index < -0.39 is 0 Å². The van der Waals surface area contributed by atoms with Crippen LogP contribution in [0.5, 0.6) is 0 Å². The lowest BCUT2D eigenvalue weighted by atomic mass is 10.1. The molecule has 0 fully saturated rings. The standard InChI is InChI=1S/C11H15F2N/c1-3-14-8(2)6-9-7-10(12)4-5-11(9)13/h4-5,7-8,14H,3,6H2,1-2H3. The summed E-state index contributed by atoms with van der Waals surface area (Å²) in [5, 5.41) is 3.15. The highest BCUT2D eigenvalue weighted by Gasteiger charge is 2.07. The highest BCUT2D eigenvalue weighted by molar-refractivity contribution is 5.19. The van der Waals surface area contributed by atoms with Crippen molar-refractivity contribution < 1.29 is 8.78 Å². The van der Waals surface area contributed by atoms with Gasteiger partial charge in [-0.25, -0.2) is 8.78 Å². The van der Waals surface area contributed by atoms with Crippen molar-refractivity contribution in [2.45, 2.75) is 26.3 Å². The van der Waals surface area contributed by atoms with Crippen LogP contribution in [-0.4, -0.2) is 12.6 Å². The average molecular weight is 199 g/mol. The second-order valence-corrected chi connectivity index (χ2v) is 3.40. The topological polar surface area (TPSA) is 12.0 Å². The first-order valence-electron chi connectivity index (χ1n) is 4.80. The van der Waals surface area contributed by atoms with Crippen molar-refractivity contribution in [3.63, 3.8) is 0 Å². The predicted octanol–water partition coefficient (Wildman–Crippen LogP) is 2.51. The number of rotatable bonds is 4. The van der Waals surface area contributed by atoms with Gasteiger partial charge in [0.25, 0.3) is 0 Å². The fourth-order valence-corrected chi connectivity index (χ4v) is 1.45. The van der Waals surface area contributed by atoms with Gasteiger partial charge in [0.05, 0.1) is 0 Å². The summed E-state index contributed by atoms with van der Waals surface area (Å²) in [7, 11) is 0. The maximum Gasteiger partial charge on any atom is 0.126 e. The van der Waals surface area contributed by atoms with Gasteiger partial charge in [-0.1, -0.05) is 6.92 Å². The third kappa shape index (κ3) is 3.07. The van der Waals surface area contributed by atoms with E-state index in [9.17, 15) is 8.78 Å². The number of likely N-dealkylation sites (N-methyl/N-ethyl adjacent to an activating group) is 1. The first-order chi connectivity index (χ1) is 6.63. The molecule has 1 aromatic rings. The van der Waals surface area contributed by atoms with Crippen molar-refractivity contribution in [3.05, 3.63) is 35.4 Å². The second kappa shape index (κ2) is 5.05. The van der Waals surface area contributed by atoms with Gasteiger partial charge in [0.1, 0.15) is 11.6 Å². The van der Waals surface area contributed by atoms with Crippen molar-refractivity contribution in [3.8, 4) is 0 Å². The quantitative estimate of drug-likeness (QED) is 0.785. The van der Waals surface area contributed by atoms with E-state index in [0.29, 0.717) is 12.0 Å². The Bertz CT molecular complexity index is 299. The van der Waals surface area contributed by atoms with Crippen LogP contribution in [0.3, 0.4) is 0 Å². The Kier molecular flexibility index (Phi) is 4.01. The minimum atomic E-state index is -0.384. The van der Waals surface area contributed by atoms with Gasteiger partial charge in [0.15, 0.2) is 0 Å². The molecule has 0 radical (unpaired) electrons. The van der Waals surface area contributed by atoms with Crippen LogP contribution in [0.25, 0.3) is 0 Å². The first kappa shape index (κ1) is 11.1. The van der Waals surface area contributed by atoms with Crippen LogP contribution in [0.15, 0.2) is 18.2 Å². The Hall–Kier alpha value is -0.960. The minimum absolute atomic E-state index is 0.163. The largest absolute Gasteiger partial charge is 0.314 e. The molecule has 0 saturated carbocycles. The van der Waals surface area contributed by atoms with Crippen LogP contribution < -0.4 is 5.32 Å². The maximum atomic E-state index is 13.2. The summed E-state index contributed by atoms with van der Waals surface area (Å²) >= 11 is 0. The Morgan fingerprint density at radius 2 is 2.07 bits per heavy atom. The zero-order chi connectivity index (χ0) is 10.6. The molecular weight excluding hydrogens is 184 g/mol. The molecular formula is C11H15F2N. The molecule has 0 saturated heterocycles. The van der Waals surface area contributed by atoms with Gasteiger partial charge >= 0.3 is 0 Å². The Balaban J connectivity index is 2.70. The van der Waals surface area contributed by atoms with Gasteiger partial charge in [0.2, 0.25) is 0 Å². The van der Waals surface area contributed by atoms with Gasteiger partial charge in [-0.2, -0.15) is 0 Å². The van der Waals surface area contributed by atoms with Gasteiger partial charge in [-0.05, 0) is 43.7 Å². The van der Waals surface area contributed by atoms with Crippen molar-refractivity contribution in [1.82, 2.24) is 5.32 Å². The third-order valence-corrected chi connectivity index (χ3v) is 2.09. The van der Waals surface area contributed by atoms with E-state index in [2.05, 4.69) is 5.32 Å². The monoisotopic (exact) mass is 199 g/mol. The fraction of sp³-hybridized carbons (Fsp3) is 0.455. The van der Waals surface area contributed by atoms with E-state index >= 15 is 0 Å². The van der Waals surface area contributed by atoms with E-state index in [1.54, 1.807) is 0 Å². The Morgan fingerprint density at radius 1 is 1.36 bits per heavy atom. The number of hydrogen-bond donors (Lipinski definition) is 1. The average Bonchev–Trinajstić information content (AvgIpc) is 2.12. The lowest BCUT2D eigenvalue weighted by Gasteiger charge is -2.12. The molecule has 0 spiro atoms.